The Morgan fingerprint density at radius 1 is 1.33 bits per heavy atom. The molecule has 0 radical (unpaired) electrons. The van der Waals surface area contributed by atoms with Crippen molar-refractivity contribution in [2.24, 2.45) is 0 Å². The molecular formula is C3H8NNa2O5P. The van der Waals surface area contributed by atoms with Gasteiger partial charge in [0.05, 0.1) is 13.9 Å². The third-order valence-electron chi connectivity index (χ3n) is 0. The summed E-state index contributed by atoms with van der Waals surface area (Å²) < 4.78 is 8.66. The summed E-state index contributed by atoms with van der Waals surface area (Å²) in [4.78, 5) is 24.3. The second-order valence-electron chi connectivity index (χ2n) is 0.692. The van der Waals surface area contributed by atoms with Crippen molar-refractivity contribution in [2.45, 2.75) is 6.92 Å². The zero-order valence-electron chi connectivity index (χ0n) is 7.51. The van der Waals surface area contributed by atoms with E-state index < -0.39 is 7.82 Å². The van der Waals surface area contributed by atoms with Gasteiger partial charge in [-0.05, 0) is 0 Å². The number of aliphatic hydroxyl groups is 1. The summed E-state index contributed by atoms with van der Waals surface area (Å²) in [6, 6.07) is 1.75. The van der Waals surface area contributed by atoms with E-state index >= 15 is 0 Å². The Morgan fingerprint density at radius 2 is 1.33 bits per heavy atom. The molecule has 0 fully saturated rings. The summed E-state index contributed by atoms with van der Waals surface area (Å²) in [6.45, 7) is 1.43. The zero-order valence-corrected chi connectivity index (χ0v) is 12.4. The van der Waals surface area contributed by atoms with Crippen molar-refractivity contribution in [1.29, 1.82) is 5.26 Å². The van der Waals surface area contributed by atoms with Crippen LogP contribution in [0.2, 0.25) is 0 Å². The molecular weight excluding hydrogens is 207 g/mol. The topological polar surface area (TPSA) is 127 Å². The third kappa shape index (κ3) is 530. The normalized spacial score (nSPS) is 6.08. The zero-order chi connectivity index (χ0) is 9.21. The number of nitriles is 1. The Bertz CT molecular complexity index is 123. The van der Waals surface area contributed by atoms with Crippen molar-refractivity contribution >= 4 is 7.82 Å². The van der Waals surface area contributed by atoms with Crippen molar-refractivity contribution < 1.29 is 83.5 Å². The van der Waals surface area contributed by atoms with E-state index in [9.17, 15) is 0 Å². The van der Waals surface area contributed by atoms with Gasteiger partial charge in [0, 0.05) is 14.0 Å². The van der Waals surface area contributed by atoms with Gasteiger partial charge < -0.3 is 24.4 Å². The number of hydrogen-bond donors (Lipinski definition) is 2. The van der Waals surface area contributed by atoms with Gasteiger partial charge in [0.2, 0.25) is 0 Å². The average molecular weight is 215 g/mol. The predicted octanol–water partition coefficient (Wildman–Crippen LogP) is -8.05. The van der Waals surface area contributed by atoms with Gasteiger partial charge >= 0.3 is 59.1 Å². The van der Waals surface area contributed by atoms with Crippen molar-refractivity contribution in [2.75, 3.05) is 7.11 Å². The largest absolute Gasteiger partial charge is 1.00 e. The van der Waals surface area contributed by atoms with E-state index in [1.807, 2.05) is 0 Å². The van der Waals surface area contributed by atoms with Gasteiger partial charge in [-0.2, -0.15) is 5.26 Å². The van der Waals surface area contributed by atoms with E-state index in [4.69, 9.17) is 29.6 Å². The second kappa shape index (κ2) is 22.9. The Balaban J connectivity index is -0.0000000209. The summed E-state index contributed by atoms with van der Waals surface area (Å²) in [5.41, 5.74) is 0. The van der Waals surface area contributed by atoms with Gasteiger partial charge in [-0.1, -0.05) is 0 Å². The van der Waals surface area contributed by atoms with Crippen LogP contribution in [-0.4, -0.2) is 17.1 Å². The molecule has 0 saturated heterocycles. The van der Waals surface area contributed by atoms with Crippen LogP contribution in [0, 0.1) is 11.3 Å². The molecule has 0 rings (SSSR count). The first kappa shape index (κ1) is 29.2. The van der Waals surface area contributed by atoms with Crippen LogP contribution in [-0.2, 0) is 4.57 Å². The number of aliphatic hydroxyl groups excluding tert-OH is 1. The molecule has 0 aliphatic carbocycles. The van der Waals surface area contributed by atoms with Gasteiger partial charge in [0.15, 0.2) is 0 Å². The van der Waals surface area contributed by atoms with Crippen LogP contribution in [0.5, 0.6) is 0 Å². The minimum atomic E-state index is -5.14. The second-order valence-corrected chi connectivity index (χ2v) is 1.63. The van der Waals surface area contributed by atoms with E-state index in [1.165, 1.54) is 6.92 Å². The molecule has 9 heteroatoms. The molecule has 0 aromatic carbocycles. The number of hydrogen-bond acceptors (Lipinski definition) is 5. The van der Waals surface area contributed by atoms with Gasteiger partial charge in [0.25, 0.3) is 0 Å². The first-order valence-electron chi connectivity index (χ1n) is 1.92. The van der Waals surface area contributed by atoms with Crippen molar-refractivity contribution in [3.63, 3.8) is 0 Å². The van der Waals surface area contributed by atoms with Crippen LogP contribution >= 0.6 is 7.82 Å². The van der Waals surface area contributed by atoms with E-state index in [0.717, 1.165) is 7.11 Å². The molecule has 0 spiro atoms. The Morgan fingerprint density at radius 3 is 1.33 bits per heavy atom. The smallest absolute Gasteiger partial charge is 0.790 e. The summed E-state index contributed by atoms with van der Waals surface area (Å²) in [6.07, 6.45) is 0. The van der Waals surface area contributed by atoms with Gasteiger partial charge in [-0.25, -0.2) is 0 Å². The molecule has 62 valence electrons. The van der Waals surface area contributed by atoms with Crippen molar-refractivity contribution in [1.82, 2.24) is 0 Å². The van der Waals surface area contributed by atoms with Crippen LogP contribution in [0.4, 0.5) is 0 Å². The van der Waals surface area contributed by atoms with E-state index in [-0.39, 0.29) is 59.1 Å². The maximum atomic E-state index is 8.66. The molecule has 0 aliphatic heterocycles. The Kier molecular flexibility index (Phi) is 55.7. The number of phosphoric acid groups is 1. The third-order valence-corrected chi connectivity index (χ3v) is 0. The molecule has 0 amide bonds. The Labute approximate surface area is 115 Å². The first-order chi connectivity index (χ1) is 4.41. The fourth-order valence-corrected chi connectivity index (χ4v) is 0. The molecule has 0 bridgehead atoms. The molecule has 0 aromatic rings. The van der Waals surface area contributed by atoms with E-state index in [2.05, 4.69) is 0 Å². The average Bonchev–Trinajstić information content (AvgIpc) is 1.68. The summed E-state index contributed by atoms with van der Waals surface area (Å²) in [7, 11) is -4.14. The molecule has 0 heterocycles. The minimum absolute atomic E-state index is 0. The van der Waals surface area contributed by atoms with Crippen molar-refractivity contribution in [3.05, 3.63) is 0 Å². The fraction of sp³-hybridized carbons (Fsp3) is 0.667. The summed E-state index contributed by atoms with van der Waals surface area (Å²) in [5.74, 6) is 0. The monoisotopic (exact) mass is 215 g/mol. The van der Waals surface area contributed by atoms with Gasteiger partial charge in [-0.15, -0.1) is 0 Å². The summed E-state index contributed by atoms with van der Waals surface area (Å²) >= 11 is 0. The quantitative estimate of drug-likeness (QED) is 0.305. The standard InChI is InChI=1S/C2H3N.CH4O.2Na.H3O4P/c1-2-3;1-2;;;1-5(2,3)4/h1H3;2H,1H3;;;(H3,1,2,3,4)/q;;2*+1;/p-2. The van der Waals surface area contributed by atoms with Gasteiger partial charge in [0.1, 0.15) is 0 Å². The number of rotatable bonds is 0. The molecule has 0 saturated carbocycles. The molecule has 0 unspecified atom stereocenters. The predicted molar refractivity (Wildman–Crippen MR) is 29.3 cm³/mol. The van der Waals surface area contributed by atoms with Gasteiger partial charge in [-0.3, -0.25) is 0 Å². The molecule has 2 N–H and O–H groups in total. The first-order valence-corrected chi connectivity index (χ1v) is 3.41. The SMILES string of the molecule is CC#N.CO.O=P([O-])([O-])O.[Na+].[Na+]. The Hall–Kier alpha value is 1.56. The van der Waals surface area contributed by atoms with Crippen LogP contribution in [0.1, 0.15) is 6.92 Å². The summed E-state index contributed by atoms with van der Waals surface area (Å²) in [5, 5.41) is 14.3. The molecule has 0 aromatic heterocycles. The van der Waals surface area contributed by atoms with Crippen molar-refractivity contribution in [3.8, 4) is 6.07 Å². The maximum absolute atomic E-state index is 8.66. The molecule has 6 nitrogen and oxygen atoms in total. The van der Waals surface area contributed by atoms with Crippen LogP contribution in [0.15, 0.2) is 0 Å². The van der Waals surface area contributed by atoms with Crippen LogP contribution in [0.3, 0.4) is 0 Å². The molecule has 0 aliphatic rings. The van der Waals surface area contributed by atoms with E-state index in [1.54, 1.807) is 6.07 Å². The number of nitrogens with zero attached hydrogens (tertiary/aromatic N) is 1. The molecule has 0 atom stereocenters. The molecule has 12 heavy (non-hydrogen) atoms. The minimum Gasteiger partial charge on any atom is -0.790 e. The fourth-order valence-electron chi connectivity index (χ4n) is 0. The van der Waals surface area contributed by atoms with Crippen LogP contribution in [0.25, 0.3) is 0 Å². The van der Waals surface area contributed by atoms with E-state index in [0.29, 0.717) is 0 Å². The maximum Gasteiger partial charge on any atom is 1.00 e. The van der Waals surface area contributed by atoms with Crippen LogP contribution < -0.4 is 68.9 Å².